The summed E-state index contributed by atoms with van der Waals surface area (Å²) in [6.45, 7) is 0.651. The number of hydrogen-bond donors (Lipinski definition) is 1. The molecule has 1 heterocycles. The van der Waals surface area contributed by atoms with Crippen LogP contribution < -0.4 is 5.32 Å². The molecule has 0 fully saturated rings. The average molecular weight is 308 g/mol. The summed E-state index contributed by atoms with van der Waals surface area (Å²) in [5.74, 6) is 0.0137. The highest BCUT2D eigenvalue weighted by Gasteiger charge is 2.06. The van der Waals surface area contributed by atoms with Crippen LogP contribution in [0.5, 0.6) is 0 Å². The van der Waals surface area contributed by atoms with E-state index in [0.29, 0.717) is 18.3 Å². The van der Waals surface area contributed by atoms with Gasteiger partial charge in [-0.3, -0.25) is 9.48 Å². The molecule has 0 unspecified atom stereocenters. The van der Waals surface area contributed by atoms with E-state index in [1.54, 1.807) is 6.20 Å². The van der Waals surface area contributed by atoms with Crippen LogP contribution in [0.4, 0.5) is 5.69 Å². The van der Waals surface area contributed by atoms with E-state index in [9.17, 15) is 4.79 Å². The molecule has 1 amide bonds. The number of nitrogens with zero attached hydrogens (tertiary/aromatic N) is 2. The number of benzene rings is 1. The first kappa shape index (κ1) is 12.8. The second kappa shape index (κ2) is 6.35. The van der Waals surface area contributed by atoms with Gasteiger partial charge in [-0.1, -0.05) is 34.1 Å². The molecule has 0 saturated heterocycles. The number of hydrogen-bond acceptors (Lipinski definition) is 2. The van der Waals surface area contributed by atoms with Crippen molar-refractivity contribution in [2.75, 3.05) is 10.6 Å². The summed E-state index contributed by atoms with van der Waals surface area (Å²) >= 11 is 3.26. The maximum atomic E-state index is 11.6. The third-order valence-corrected chi connectivity index (χ3v) is 2.90. The Morgan fingerprint density at radius 2 is 2.17 bits per heavy atom. The summed E-state index contributed by atoms with van der Waals surface area (Å²) in [7, 11) is 0. The van der Waals surface area contributed by atoms with Gasteiger partial charge in [-0.25, -0.2) is 0 Å². The molecule has 0 radical (unpaired) electrons. The molecule has 0 atom stereocenters. The van der Waals surface area contributed by atoms with E-state index in [1.165, 1.54) is 0 Å². The van der Waals surface area contributed by atoms with Crippen LogP contribution in [0.25, 0.3) is 0 Å². The second-order valence-electron chi connectivity index (χ2n) is 3.85. The van der Waals surface area contributed by atoms with Gasteiger partial charge < -0.3 is 5.32 Å². The minimum Gasteiger partial charge on any atom is -0.326 e. The molecule has 1 aromatic heterocycles. The van der Waals surface area contributed by atoms with Crippen molar-refractivity contribution in [2.45, 2.75) is 13.0 Å². The normalized spacial score (nSPS) is 10.3. The third-order valence-electron chi connectivity index (χ3n) is 2.50. The van der Waals surface area contributed by atoms with E-state index in [-0.39, 0.29) is 5.91 Å². The van der Waals surface area contributed by atoms with E-state index < -0.39 is 0 Å². The lowest BCUT2D eigenvalue weighted by Crippen LogP contribution is -2.14. The standard InChI is InChI=1S/C13H14BrN3O/c14-7-6-13(18)16-12-5-2-1-4-11(12)10-17-9-3-8-15-17/h1-5,8-9H,6-7,10H2,(H,16,18). The molecule has 5 heteroatoms. The van der Waals surface area contributed by atoms with Crippen molar-refractivity contribution in [1.82, 2.24) is 9.78 Å². The number of para-hydroxylation sites is 1. The molecule has 94 valence electrons. The first-order valence-corrected chi connectivity index (χ1v) is 6.83. The van der Waals surface area contributed by atoms with E-state index >= 15 is 0 Å². The quantitative estimate of drug-likeness (QED) is 0.863. The minimum atomic E-state index is 0.0137. The summed E-state index contributed by atoms with van der Waals surface area (Å²) in [5.41, 5.74) is 1.89. The number of rotatable bonds is 5. The van der Waals surface area contributed by atoms with Crippen LogP contribution in [0.15, 0.2) is 42.7 Å². The molecule has 1 N–H and O–H groups in total. The van der Waals surface area contributed by atoms with Gasteiger partial charge in [0.1, 0.15) is 0 Å². The number of amides is 1. The Labute approximate surface area is 114 Å². The molecule has 4 nitrogen and oxygen atoms in total. The lowest BCUT2D eigenvalue weighted by atomic mass is 10.1. The molecular formula is C13H14BrN3O. The van der Waals surface area contributed by atoms with Crippen molar-refractivity contribution in [3.05, 3.63) is 48.3 Å². The molecule has 0 aliphatic heterocycles. The van der Waals surface area contributed by atoms with Crippen LogP contribution in [-0.2, 0) is 11.3 Å². The monoisotopic (exact) mass is 307 g/mol. The average Bonchev–Trinajstić information content (AvgIpc) is 2.85. The summed E-state index contributed by atoms with van der Waals surface area (Å²) < 4.78 is 1.83. The predicted molar refractivity (Wildman–Crippen MR) is 74.8 cm³/mol. The number of aromatic nitrogens is 2. The van der Waals surface area contributed by atoms with Crippen LogP contribution in [0.1, 0.15) is 12.0 Å². The van der Waals surface area contributed by atoms with Crippen molar-refractivity contribution in [2.24, 2.45) is 0 Å². The van der Waals surface area contributed by atoms with Gasteiger partial charge in [0.2, 0.25) is 5.91 Å². The van der Waals surface area contributed by atoms with Gasteiger partial charge in [0, 0.05) is 29.8 Å². The molecule has 0 aliphatic carbocycles. The first-order valence-electron chi connectivity index (χ1n) is 5.71. The van der Waals surface area contributed by atoms with Crippen molar-refractivity contribution < 1.29 is 4.79 Å². The minimum absolute atomic E-state index is 0.0137. The fraction of sp³-hybridized carbons (Fsp3) is 0.231. The highest BCUT2D eigenvalue weighted by molar-refractivity contribution is 9.09. The van der Waals surface area contributed by atoms with Crippen LogP contribution in [-0.4, -0.2) is 21.0 Å². The molecule has 0 aliphatic rings. The Morgan fingerprint density at radius 1 is 1.33 bits per heavy atom. The van der Waals surface area contributed by atoms with Gasteiger partial charge in [-0.15, -0.1) is 0 Å². The highest BCUT2D eigenvalue weighted by Crippen LogP contribution is 2.16. The SMILES string of the molecule is O=C(CCBr)Nc1ccccc1Cn1cccn1. The van der Waals surface area contributed by atoms with Gasteiger partial charge in [0.05, 0.1) is 6.54 Å². The molecule has 2 rings (SSSR count). The second-order valence-corrected chi connectivity index (χ2v) is 4.64. The maximum absolute atomic E-state index is 11.6. The zero-order valence-corrected chi connectivity index (χ0v) is 11.4. The summed E-state index contributed by atoms with van der Waals surface area (Å²) in [4.78, 5) is 11.6. The molecule has 0 bridgehead atoms. The van der Waals surface area contributed by atoms with Crippen molar-refractivity contribution in [3.8, 4) is 0 Å². The Morgan fingerprint density at radius 3 is 2.89 bits per heavy atom. The van der Waals surface area contributed by atoms with Gasteiger partial charge >= 0.3 is 0 Å². The van der Waals surface area contributed by atoms with Crippen LogP contribution in [0.2, 0.25) is 0 Å². The molecule has 18 heavy (non-hydrogen) atoms. The molecule has 0 spiro atoms. The Bertz CT molecular complexity index is 511. The van der Waals surface area contributed by atoms with Gasteiger partial charge in [0.25, 0.3) is 0 Å². The Hall–Kier alpha value is -1.62. The zero-order chi connectivity index (χ0) is 12.8. The number of alkyl halides is 1. The molecule has 1 aromatic carbocycles. The van der Waals surface area contributed by atoms with Gasteiger partial charge in [-0.05, 0) is 17.7 Å². The number of nitrogens with one attached hydrogen (secondary N) is 1. The molecular weight excluding hydrogens is 294 g/mol. The first-order chi connectivity index (χ1) is 8.79. The molecule has 0 saturated carbocycles. The van der Waals surface area contributed by atoms with Crippen LogP contribution in [0.3, 0.4) is 0 Å². The van der Waals surface area contributed by atoms with Crippen LogP contribution >= 0.6 is 15.9 Å². The van der Waals surface area contributed by atoms with E-state index in [1.807, 2.05) is 41.2 Å². The lowest BCUT2D eigenvalue weighted by molar-refractivity contribution is -0.115. The highest BCUT2D eigenvalue weighted by atomic mass is 79.9. The number of halogens is 1. The number of carbonyl (C=O) groups excluding carboxylic acids is 1. The Balaban J connectivity index is 2.12. The summed E-state index contributed by atoms with van der Waals surface area (Å²) in [5, 5.41) is 7.75. The largest absolute Gasteiger partial charge is 0.326 e. The lowest BCUT2D eigenvalue weighted by Gasteiger charge is -2.10. The summed E-state index contributed by atoms with van der Waals surface area (Å²) in [6, 6.07) is 9.65. The smallest absolute Gasteiger partial charge is 0.225 e. The van der Waals surface area contributed by atoms with Gasteiger partial charge in [0.15, 0.2) is 0 Å². The predicted octanol–water partition coefficient (Wildman–Crippen LogP) is 2.65. The van der Waals surface area contributed by atoms with Crippen molar-refractivity contribution in [3.63, 3.8) is 0 Å². The van der Waals surface area contributed by atoms with E-state index in [2.05, 4.69) is 26.3 Å². The molecule has 2 aromatic rings. The Kier molecular flexibility index (Phi) is 4.52. The maximum Gasteiger partial charge on any atom is 0.225 e. The number of anilines is 1. The van der Waals surface area contributed by atoms with Gasteiger partial charge in [-0.2, -0.15) is 5.10 Å². The fourth-order valence-corrected chi connectivity index (χ4v) is 2.01. The van der Waals surface area contributed by atoms with Crippen LogP contribution in [0, 0.1) is 0 Å². The zero-order valence-electron chi connectivity index (χ0n) is 9.84. The fourth-order valence-electron chi connectivity index (χ4n) is 1.65. The van der Waals surface area contributed by atoms with Crippen molar-refractivity contribution >= 4 is 27.5 Å². The summed E-state index contributed by atoms with van der Waals surface area (Å²) in [6.07, 6.45) is 4.11. The van der Waals surface area contributed by atoms with E-state index in [0.717, 1.165) is 11.3 Å². The van der Waals surface area contributed by atoms with E-state index in [4.69, 9.17) is 0 Å². The van der Waals surface area contributed by atoms with Crippen molar-refractivity contribution in [1.29, 1.82) is 0 Å². The number of carbonyl (C=O) groups is 1. The third kappa shape index (κ3) is 3.43. The topological polar surface area (TPSA) is 46.9 Å².